The Morgan fingerprint density at radius 1 is 1.16 bits per heavy atom. The second-order valence-electron chi connectivity index (χ2n) is 7.10. The van der Waals surface area contributed by atoms with E-state index in [0.717, 1.165) is 32.1 Å². The third kappa shape index (κ3) is 3.28. The van der Waals surface area contributed by atoms with Crippen LogP contribution in [0.4, 0.5) is 0 Å². The molecule has 0 atom stereocenters. The van der Waals surface area contributed by atoms with Crippen LogP contribution in [-0.4, -0.2) is 22.5 Å². The molecule has 108 valence electrons. The fraction of sp³-hybridized carbons (Fsp3) is 0.867. The summed E-state index contributed by atoms with van der Waals surface area (Å²) in [6.45, 7) is 4.55. The Morgan fingerprint density at radius 3 is 2.16 bits per heavy atom. The van der Waals surface area contributed by atoms with E-state index in [1.165, 1.54) is 0 Å². The van der Waals surface area contributed by atoms with Crippen LogP contribution in [0, 0.1) is 11.3 Å². The number of carbonyl (C=O) groups is 2. The maximum atomic E-state index is 12.0. The molecule has 0 aromatic heterocycles. The Bertz CT molecular complexity index is 362. The molecule has 2 aliphatic carbocycles. The number of carboxylic acid groups (broad SMARTS) is 1. The number of hydrogen-bond acceptors (Lipinski definition) is 2. The molecule has 0 spiro atoms. The lowest BCUT2D eigenvalue weighted by atomic mass is 9.72. The number of carbonyl (C=O) groups excluding carboxylic acids is 1. The van der Waals surface area contributed by atoms with Gasteiger partial charge in [0.05, 0.1) is 0 Å². The predicted molar refractivity (Wildman–Crippen MR) is 72.7 cm³/mol. The van der Waals surface area contributed by atoms with Gasteiger partial charge in [-0.3, -0.25) is 4.79 Å². The van der Waals surface area contributed by atoms with Crippen LogP contribution in [0.1, 0.15) is 65.2 Å². The third-order valence-corrected chi connectivity index (χ3v) is 4.93. The Kier molecular flexibility index (Phi) is 3.88. The summed E-state index contributed by atoms with van der Waals surface area (Å²) in [6, 6.07) is 0. The summed E-state index contributed by atoms with van der Waals surface area (Å²) in [5.41, 5.74) is -0.547. The van der Waals surface area contributed by atoms with Crippen LogP contribution < -0.4 is 5.32 Å². The maximum absolute atomic E-state index is 12.0. The molecule has 0 bridgehead atoms. The molecule has 1 amide bonds. The minimum Gasteiger partial charge on any atom is -0.480 e. The van der Waals surface area contributed by atoms with Crippen molar-refractivity contribution < 1.29 is 14.7 Å². The Balaban J connectivity index is 1.80. The fourth-order valence-electron chi connectivity index (χ4n) is 3.17. The molecular weight excluding hydrogens is 242 g/mol. The second-order valence-corrected chi connectivity index (χ2v) is 7.10. The number of hydrogen-bond donors (Lipinski definition) is 2. The number of aliphatic carboxylic acids is 1. The van der Waals surface area contributed by atoms with E-state index in [9.17, 15) is 14.7 Å². The summed E-state index contributed by atoms with van der Waals surface area (Å²) in [5, 5.41) is 12.0. The second kappa shape index (κ2) is 5.14. The molecule has 0 aromatic carbocycles. The van der Waals surface area contributed by atoms with Crippen LogP contribution >= 0.6 is 0 Å². The molecule has 19 heavy (non-hydrogen) atoms. The highest BCUT2D eigenvalue weighted by molar-refractivity contribution is 5.87. The summed E-state index contributed by atoms with van der Waals surface area (Å²) in [5.74, 6) is -0.525. The lowest BCUT2D eigenvalue weighted by Crippen LogP contribution is -2.59. The molecule has 0 radical (unpaired) electrons. The SMILES string of the molecule is CC1(C)CCC(CC(=O)NC2(C(=O)O)CCC2)CC1. The molecule has 0 heterocycles. The summed E-state index contributed by atoms with van der Waals surface area (Å²) in [6.07, 6.45) is 7.03. The molecule has 2 aliphatic rings. The molecule has 0 saturated heterocycles. The Morgan fingerprint density at radius 2 is 1.74 bits per heavy atom. The molecule has 2 rings (SSSR count). The highest BCUT2D eigenvalue weighted by atomic mass is 16.4. The van der Waals surface area contributed by atoms with E-state index in [2.05, 4.69) is 19.2 Å². The van der Waals surface area contributed by atoms with E-state index >= 15 is 0 Å². The van der Waals surface area contributed by atoms with Gasteiger partial charge in [0.15, 0.2) is 0 Å². The predicted octanol–water partition coefficient (Wildman–Crippen LogP) is 2.72. The lowest BCUT2D eigenvalue weighted by Gasteiger charge is -2.39. The summed E-state index contributed by atoms with van der Waals surface area (Å²) < 4.78 is 0. The van der Waals surface area contributed by atoms with Gasteiger partial charge in [-0.2, -0.15) is 0 Å². The normalized spacial score (nSPS) is 25.4. The fourth-order valence-corrected chi connectivity index (χ4v) is 3.17. The summed E-state index contributed by atoms with van der Waals surface area (Å²) in [4.78, 5) is 23.2. The first kappa shape index (κ1) is 14.4. The van der Waals surface area contributed by atoms with Crippen LogP contribution in [-0.2, 0) is 9.59 Å². The van der Waals surface area contributed by atoms with Gasteiger partial charge in [-0.05, 0) is 56.3 Å². The first-order chi connectivity index (χ1) is 8.83. The lowest BCUT2D eigenvalue weighted by molar-refractivity contribution is -0.152. The van der Waals surface area contributed by atoms with E-state index in [1.54, 1.807) is 0 Å². The minimum absolute atomic E-state index is 0.0770. The zero-order chi connectivity index (χ0) is 14.1. The molecule has 0 unspecified atom stereocenters. The Labute approximate surface area is 115 Å². The molecule has 2 N–H and O–H groups in total. The molecule has 0 aliphatic heterocycles. The molecule has 4 nitrogen and oxygen atoms in total. The van der Waals surface area contributed by atoms with Gasteiger partial charge in [-0.25, -0.2) is 4.79 Å². The van der Waals surface area contributed by atoms with E-state index in [4.69, 9.17) is 0 Å². The maximum Gasteiger partial charge on any atom is 0.329 e. The van der Waals surface area contributed by atoms with E-state index in [-0.39, 0.29) is 5.91 Å². The van der Waals surface area contributed by atoms with Gasteiger partial charge < -0.3 is 10.4 Å². The van der Waals surface area contributed by atoms with Crippen LogP contribution in [0.15, 0.2) is 0 Å². The van der Waals surface area contributed by atoms with Crippen molar-refractivity contribution in [3.05, 3.63) is 0 Å². The van der Waals surface area contributed by atoms with Crippen molar-refractivity contribution >= 4 is 11.9 Å². The van der Waals surface area contributed by atoms with Crippen molar-refractivity contribution in [1.82, 2.24) is 5.32 Å². The third-order valence-electron chi connectivity index (χ3n) is 4.93. The van der Waals surface area contributed by atoms with Crippen molar-refractivity contribution in [1.29, 1.82) is 0 Å². The van der Waals surface area contributed by atoms with Gasteiger partial charge in [0, 0.05) is 6.42 Å². The molecule has 4 heteroatoms. The molecular formula is C15H25NO3. The van der Waals surface area contributed by atoms with Crippen molar-refractivity contribution in [2.75, 3.05) is 0 Å². The highest BCUT2D eigenvalue weighted by Gasteiger charge is 2.45. The molecule has 2 fully saturated rings. The summed E-state index contributed by atoms with van der Waals surface area (Å²) in [7, 11) is 0. The topological polar surface area (TPSA) is 66.4 Å². The largest absolute Gasteiger partial charge is 0.480 e. The van der Waals surface area contributed by atoms with Gasteiger partial charge in [-0.1, -0.05) is 13.8 Å². The van der Waals surface area contributed by atoms with E-state index in [0.29, 0.717) is 30.6 Å². The van der Waals surface area contributed by atoms with Crippen LogP contribution in [0.2, 0.25) is 0 Å². The Hall–Kier alpha value is -1.06. The first-order valence-corrected chi connectivity index (χ1v) is 7.37. The van der Waals surface area contributed by atoms with Crippen molar-refractivity contribution in [2.24, 2.45) is 11.3 Å². The van der Waals surface area contributed by atoms with Crippen LogP contribution in [0.3, 0.4) is 0 Å². The average molecular weight is 267 g/mol. The smallest absolute Gasteiger partial charge is 0.329 e. The zero-order valence-electron chi connectivity index (χ0n) is 12.0. The van der Waals surface area contributed by atoms with Gasteiger partial charge >= 0.3 is 5.97 Å². The quantitative estimate of drug-likeness (QED) is 0.823. The minimum atomic E-state index is -0.953. The number of nitrogens with one attached hydrogen (secondary N) is 1. The van der Waals surface area contributed by atoms with Gasteiger partial charge in [0.1, 0.15) is 5.54 Å². The van der Waals surface area contributed by atoms with Gasteiger partial charge in [0.25, 0.3) is 0 Å². The van der Waals surface area contributed by atoms with Crippen LogP contribution in [0.5, 0.6) is 0 Å². The molecule has 0 aromatic rings. The number of carboxylic acids is 1. The van der Waals surface area contributed by atoms with Crippen LogP contribution in [0.25, 0.3) is 0 Å². The van der Waals surface area contributed by atoms with Crippen molar-refractivity contribution in [2.45, 2.75) is 70.8 Å². The highest BCUT2D eigenvalue weighted by Crippen LogP contribution is 2.39. The summed E-state index contributed by atoms with van der Waals surface area (Å²) >= 11 is 0. The van der Waals surface area contributed by atoms with Gasteiger partial charge in [-0.15, -0.1) is 0 Å². The molecule has 2 saturated carbocycles. The standard InChI is InChI=1S/C15H25NO3/c1-14(2)8-4-11(5-9-14)10-12(17)16-15(13(18)19)6-3-7-15/h11H,3-10H2,1-2H3,(H,16,17)(H,18,19). The van der Waals surface area contributed by atoms with Crippen molar-refractivity contribution in [3.8, 4) is 0 Å². The monoisotopic (exact) mass is 267 g/mol. The zero-order valence-corrected chi connectivity index (χ0v) is 12.0. The number of rotatable bonds is 4. The average Bonchev–Trinajstić information content (AvgIpc) is 2.26. The van der Waals surface area contributed by atoms with Gasteiger partial charge in [0.2, 0.25) is 5.91 Å². The first-order valence-electron chi connectivity index (χ1n) is 7.37. The number of amides is 1. The van der Waals surface area contributed by atoms with Crippen molar-refractivity contribution in [3.63, 3.8) is 0 Å². The van der Waals surface area contributed by atoms with E-state index < -0.39 is 11.5 Å². The van der Waals surface area contributed by atoms with E-state index in [1.807, 2.05) is 0 Å².